The fourth-order valence-electron chi connectivity index (χ4n) is 4.28. The first-order chi connectivity index (χ1) is 14.3. The van der Waals surface area contributed by atoms with Crippen LogP contribution < -0.4 is 5.32 Å². The van der Waals surface area contributed by atoms with Gasteiger partial charge in [0.15, 0.2) is 0 Å². The Hall–Kier alpha value is -2.01. The number of urea groups is 1. The molecule has 0 spiro atoms. The third-order valence-electron chi connectivity index (χ3n) is 6.67. The molecular formula is C25H35ClN2O3. The second-order valence-corrected chi connectivity index (χ2v) is 11.3. The average Bonchev–Trinajstić information content (AvgIpc) is 3.43. The molecule has 0 unspecified atom stereocenters. The number of nitrogens with one attached hydrogen (secondary N) is 1. The van der Waals surface area contributed by atoms with Gasteiger partial charge >= 0.3 is 12.0 Å². The lowest BCUT2D eigenvalue weighted by Crippen LogP contribution is -2.55. The fraction of sp³-hybridized carbons (Fsp3) is 0.600. The van der Waals surface area contributed by atoms with E-state index in [0.717, 1.165) is 29.5 Å². The summed E-state index contributed by atoms with van der Waals surface area (Å²) >= 11 is 6.65. The highest BCUT2D eigenvalue weighted by Crippen LogP contribution is 2.48. The molecule has 2 amide bonds. The van der Waals surface area contributed by atoms with Crippen LogP contribution in [0.4, 0.5) is 4.79 Å². The summed E-state index contributed by atoms with van der Waals surface area (Å²) in [6.07, 6.45) is 5.02. The molecule has 1 aliphatic carbocycles. The van der Waals surface area contributed by atoms with E-state index in [2.05, 4.69) is 52.1 Å². The zero-order valence-electron chi connectivity index (χ0n) is 19.5. The normalized spacial score (nSPS) is 22.9. The number of halogens is 1. The number of carboxylic acids is 1. The summed E-state index contributed by atoms with van der Waals surface area (Å²) < 4.78 is 0. The van der Waals surface area contributed by atoms with Crippen molar-refractivity contribution in [2.24, 2.45) is 16.7 Å². The van der Waals surface area contributed by atoms with Crippen molar-refractivity contribution in [2.45, 2.75) is 72.8 Å². The van der Waals surface area contributed by atoms with Gasteiger partial charge in [0.2, 0.25) is 0 Å². The molecule has 31 heavy (non-hydrogen) atoms. The summed E-state index contributed by atoms with van der Waals surface area (Å²) in [5, 5.41) is 13.4. The van der Waals surface area contributed by atoms with Gasteiger partial charge in [0, 0.05) is 17.8 Å². The van der Waals surface area contributed by atoms with Crippen LogP contribution in [0.3, 0.4) is 0 Å². The molecule has 170 valence electrons. The van der Waals surface area contributed by atoms with Crippen molar-refractivity contribution >= 4 is 23.6 Å². The highest BCUT2D eigenvalue weighted by atomic mass is 35.5. The molecule has 2 aliphatic rings. The number of hydrogen-bond acceptors (Lipinski definition) is 2. The Bertz CT molecular complexity index is 912. The molecule has 1 aromatic carbocycles. The molecule has 3 rings (SSSR count). The molecule has 1 atom stereocenters. The predicted molar refractivity (Wildman–Crippen MR) is 124 cm³/mol. The van der Waals surface area contributed by atoms with E-state index in [9.17, 15) is 14.7 Å². The first-order valence-electron chi connectivity index (χ1n) is 11.1. The highest BCUT2D eigenvalue weighted by Gasteiger charge is 2.53. The number of amides is 2. The molecule has 5 nitrogen and oxygen atoms in total. The first-order valence-corrected chi connectivity index (χ1v) is 11.5. The second kappa shape index (κ2) is 8.16. The van der Waals surface area contributed by atoms with Gasteiger partial charge in [0.1, 0.15) is 0 Å². The van der Waals surface area contributed by atoms with E-state index in [0.29, 0.717) is 17.9 Å². The van der Waals surface area contributed by atoms with Crippen LogP contribution in [0.15, 0.2) is 30.0 Å². The van der Waals surface area contributed by atoms with Crippen molar-refractivity contribution in [3.8, 4) is 0 Å². The van der Waals surface area contributed by atoms with Gasteiger partial charge in [-0.2, -0.15) is 0 Å². The van der Waals surface area contributed by atoms with Crippen LogP contribution in [-0.4, -0.2) is 28.6 Å². The molecule has 0 saturated heterocycles. The second-order valence-electron chi connectivity index (χ2n) is 10.9. The standard InChI is InChI=1S/C25H35ClN2O3/c1-16(2)19-14-28(15-25(11-12-25)21(29)30)22(31)27-24(19,6)18-8-7-17(20(26)13-18)9-10-23(3,4)5/h7-8,13-14,16H,9-12,15H2,1-6H3,(H,27,31)(H,29,30)/t24-/m1/s1. The van der Waals surface area contributed by atoms with Gasteiger partial charge in [0.05, 0.1) is 11.0 Å². The Morgan fingerprint density at radius 2 is 1.94 bits per heavy atom. The number of nitrogens with zero attached hydrogens (tertiary/aromatic N) is 1. The van der Waals surface area contributed by atoms with Gasteiger partial charge in [-0.1, -0.05) is 58.4 Å². The smallest absolute Gasteiger partial charge is 0.322 e. The predicted octanol–water partition coefficient (Wildman–Crippen LogP) is 5.96. The monoisotopic (exact) mass is 446 g/mol. The maximum atomic E-state index is 13.0. The third-order valence-corrected chi connectivity index (χ3v) is 7.02. The third kappa shape index (κ3) is 4.92. The SMILES string of the molecule is CC(C)C1=CN(CC2(C(=O)O)CC2)C(=O)N[C@]1(C)c1ccc(CCC(C)(C)C)c(Cl)c1. The average molecular weight is 447 g/mol. The molecule has 0 bridgehead atoms. The van der Waals surface area contributed by atoms with E-state index in [1.165, 1.54) is 4.90 Å². The lowest BCUT2D eigenvalue weighted by molar-refractivity contribution is -0.143. The number of carbonyl (C=O) groups excluding carboxylic acids is 1. The van der Waals surface area contributed by atoms with Crippen LogP contribution in [0, 0.1) is 16.7 Å². The molecule has 1 heterocycles. The Balaban J connectivity index is 1.91. The lowest BCUT2D eigenvalue weighted by atomic mass is 9.78. The quantitative estimate of drug-likeness (QED) is 0.542. The van der Waals surface area contributed by atoms with Gasteiger partial charge in [-0.15, -0.1) is 0 Å². The molecule has 1 saturated carbocycles. The summed E-state index contributed by atoms with van der Waals surface area (Å²) in [6.45, 7) is 13.0. The van der Waals surface area contributed by atoms with Crippen LogP contribution >= 0.6 is 11.6 Å². The van der Waals surface area contributed by atoms with Crippen LogP contribution in [-0.2, 0) is 16.8 Å². The van der Waals surface area contributed by atoms with Crippen molar-refractivity contribution in [1.82, 2.24) is 10.2 Å². The summed E-state index contributed by atoms with van der Waals surface area (Å²) in [6, 6.07) is 5.81. The molecule has 1 fully saturated rings. The highest BCUT2D eigenvalue weighted by molar-refractivity contribution is 6.31. The van der Waals surface area contributed by atoms with E-state index >= 15 is 0 Å². The van der Waals surface area contributed by atoms with E-state index in [1.807, 2.05) is 19.2 Å². The summed E-state index contributed by atoms with van der Waals surface area (Å²) in [5.41, 5.74) is 1.81. The van der Waals surface area contributed by atoms with E-state index in [-0.39, 0.29) is 23.9 Å². The fourth-order valence-corrected chi connectivity index (χ4v) is 4.56. The van der Waals surface area contributed by atoms with E-state index in [4.69, 9.17) is 11.6 Å². The van der Waals surface area contributed by atoms with Crippen molar-refractivity contribution < 1.29 is 14.7 Å². The Morgan fingerprint density at radius 3 is 2.42 bits per heavy atom. The van der Waals surface area contributed by atoms with E-state index < -0.39 is 16.9 Å². The Labute approximate surface area is 190 Å². The number of carboxylic acid groups (broad SMARTS) is 1. The molecule has 1 aromatic rings. The Kier molecular flexibility index (Phi) is 6.22. The van der Waals surface area contributed by atoms with Gasteiger partial charge in [-0.05, 0) is 66.7 Å². The molecule has 6 heteroatoms. The first kappa shape index (κ1) is 23.6. The summed E-state index contributed by atoms with van der Waals surface area (Å²) in [5.74, 6) is -0.668. The molecule has 2 N–H and O–H groups in total. The lowest BCUT2D eigenvalue weighted by Gasteiger charge is -2.43. The van der Waals surface area contributed by atoms with Crippen LogP contribution in [0.25, 0.3) is 0 Å². The number of aryl methyl sites for hydroxylation is 1. The van der Waals surface area contributed by atoms with Crippen molar-refractivity contribution in [3.05, 3.63) is 46.1 Å². The van der Waals surface area contributed by atoms with Crippen LogP contribution in [0.5, 0.6) is 0 Å². The van der Waals surface area contributed by atoms with Gasteiger partial charge in [-0.25, -0.2) is 4.79 Å². The number of carbonyl (C=O) groups is 2. The maximum Gasteiger partial charge on any atom is 0.322 e. The minimum Gasteiger partial charge on any atom is -0.481 e. The van der Waals surface area contributed by atoms with Gasteiger partial charge in [-0.3, -0.25) is 9.69 Å². The van der Waals surface area contributed by atoms with Crippen molar-refractivity contribution in [2.75, 3.05) is 6.54 Å². The van der Waals surface area contributed by atoms with Gasteiger partial charge in [0.25, 0.3) is 0 Å². The number of rotatable bonds is 7. The van der Waals surface area contributed by atoms with Gasteiger partial charge < -0.3 is 10.4 Å². The van der Waals surface area contributed by atoms with E-state index in [1.54, 1.807) is 0 Å². The Morgan fingerprint density at radius 1 is 1.29 bits per heavy atom. The number of hydrogen-bond donors (Lipinski definition) is 2. The largest absolute Gasteiger partial charge is 0.481 e. The molecule has 0 radical (unpaired) electrons. The number of benzene rings is 1. The molecule has 1 aliphatic heterocycles. The maximum absolute atomic E-state index is 13.0. The minimum atomic E-state index is -0.828. The summed E-state index contributed by atoms with van der Waals surface area (Å²) in [7, 11) is 0. The number of aliphatic carboxylic acids is 1. The minimum absolute atomic E-state index is 0.160. The zero-order chi connectivity index (χ0) is 23.2. The van der Waals surface area contributed by atoms with Crippen LogP contribution in [0.1, 0.15) is 71.9 Å². The topological polar surface area (TPSA) is 69.6 Å². The van der Waals surface area contributed by atoms with Crippen molar-refractivity contribution in [3.63, 3.8) is 0 Å². The molecular weight excluding hydrogens is 412 g/mol. The summed E-state index contributed by atoms with van der Waals surface area (Å²) in [4.78, 5) is 26.1. The van der Waals surface area contributed by atoms with Crippen LogP contribution in [0.2, 0.25) is 5.02 Å². The zero-order valence-corrected chi connectivity index (χ0v) is 20.3. The van der Waals surface area contributed by atoms with Crippen molar-refractivity contribution in [1.29, 1.82) is 0 Å². The molecule has 0 aromatic heterocycles.